The van der Waals surface area contributed by atoms with E-state index in [0.717, 1.165) is 45.2 Å². The maximum atomic E-state index is 12.7. The van der Waals surface area contributed by atoms with Crippen molar-refractivity contribution in [3.05, 3.63) is 71.4 Å². The minimum Gasteiger partial charge on any atom is -0.358 e. The second kappa shape index (κ2) is 8.64. The van der Waals surface area contributed by atoms with Crippen LogP contribution >= 0.6 is 0 Å². The van der Waals surface area contributed by atoms with Gasteiger partial charge in [-0.2, -0.15) is 0 Å². The number of aryl methyl sites for hydroxylation is 2. The Bertz CT molecular complexity index is 920. The van der Waals surface area contributed by atoms with Gasteiger partial charge in [0, 0.05) is 36.1 Å². The van der Waals surface area contributed by atoms with Crippen LogP contribution < -0.4 is 0 Å². The van der Waals surface area contributed by atoms with Crippen molar-refractivity contribution in [1.82, 2.24) is 9.88 Å². The van der Waals surface area contributed by atoms with Crippen LogP contribution in [0.2, 0.25) is 0 Å². The molecule has 1 aliphatic heterocycles. The highest BCUT2D eigenvalue weighted by Gasteiger charge is 2.23. The van der Waals surface area contributed by atoms with Gasteiger partial charge in [-0.05, 0) is 55.2 Å². The zero-order chi connectivity index (χ0) is 19.3. The van der Waals surface area contributed by atoms with E-state index >= 15 is 0 Å². The van der Waals surface area contributed by atoms with Crippen LogP contribution in [0.5, 0.6) is 0 Å². The lowest BCUT2D eigenvalue weighted by molar-refractivity contribution is -0.132. The Labute approximate surface area is 167 Å². The Hall–Kier alpha value is -2.55. The summed E-state index contributed by atoms with van der Waals surface area (Å²) in [4.78, 5) is 18.3. The number of nitrogens with one attached hydrogen (secondary N) is 1. The molecule has 3 nitrogen and oxygen atoms in total. The molecule has 0 saturated carbocycles. The fraction of sp³-hybridized carbons (Fsp3) is 0.400. The van der Waals surface area contributed by atoms with Gasteiger partial charge in [-0.25, -0.2) is 0 Å². The van der Waals surface area contributed by atoms with Crippen LogP contribution in [0.15, 0.2) is 54.6 Å². The number of rotatable bonds is 6. The van der Waals surface area contributed by atoms with Crippen molar-refractivity contribution in [2.75, 3.05) is 13.1 Å². The van der Waals surface area contributed by atoms with Crippen LogP contribution in [0.3, 0.4) is 0 Å². The van der Waals surface area contributed by atoms with Crippen LogP contribution in [0.4, 0.5) is 0 Å². The molecule has 1 amide bonds. The molecule has 0 aliphatic carbocycles. The van der Waals surface area contributed by atoms with Gasteiger partial charge in [0.25, 0.3) is 0 Å². The van der Waals surface area contributed by atoms with Crippen LogP contribution in [0.25, 0.3) is 10.9 Å². The third-order valence-corrected chi connectivity index (χ3v) is 6.19. The predicted octanol–water partition coefficient (Wildman–Crippen LogP) is 5.46. The standard InChI is InChI=1S/C25H30N2O/c1-2-23-21(22-11-6-7-13-24(22)26-23)12-8-14-25(28)27-17-15-20(16-18-27)19-9-4-3-5-10-19/h3-7,9-11,13,20,26H,2,8,12,14-18H2,1H3. The van der Waals surface area contributed by atoms with E-state index in [1.165, 1.54) is 27.7 Å². The van der Waals surface area contributed by atoms with Gasteiger partial charge in [-0.1, -0.05) is 55.5 Å². The van der Waals surface area contributed by atoms with E-state index in [0.29, 0.717) is 18.2 Å². The molecule has 4 rings (SSSR count). The van der Waals surface area contributed by atoms with Gasteiger partial charge in [0.2, 0.25) is 5.91 Å². The summed E-state index contributed by atoms with van der Waals surface area (Å²) in [5.41, 5.74) is 5.34. The van der Waals surface area contributed by atoms with Gasteiger partial charge >= 0.3 is 0 Å². The van der Waals surface area contributed by atoms with E-state index < -0.39 is 0 Å². The van der Waals surface area contributed by atoms with Gasteiger partial charge in [0.05, 0.1) is 0 Å². The number of hydrogen-bond acceptors (Lipinski definition) is 1. The van der Waals surface area contributed by atoms with Gasteiger partial charge in [0.1, 0.15) is 0 Å². The fourth-order valence-corrected chi connectivity index (χ4v) is 4.61. The summed E-state index contributed by atoms with van der Waals surface area (Å²) in [6.45, 7) is 3.98. The first-order chi connectivity index (χ1) is 13.8. The van der Waals surface area contributed by atoms with E-state index in [2.05, 4.69) is 71.4 Å². The van der Waals surface area contributed by atoms with Crippen molar-refractivity contribution >= 4 is 16.8 Å². The predicted molar refractivity (Wildman–Crippen MR) is 116 cm³/mol. The molecule has 2 heterocycles. The van der Waals surface area contributed by atoms with Crippen LogP contribution in [0, 0.1) is 0 Å². The molecule has 0 bridgehead atoms. The Morgan fingerprint density at radius 2 is 1.75 bits per heavy atom. The molecule has 1 saturated heterocycles. The first kappa shape index (κ1) is 18.8. The number of para-hydroxylation sites is 1. The number of aromatic nitrogens is 1. The Morgan fingerprint density at radius 1 is 1.04 bits per heavy atom. The molecule has 0 radical (unpaired) electrons. The van der Waals surface area contributed by atoms with Crippen molar-refractivity contribution in [2.24, 2.45) is 0 Å². The largest absolute Gasteiger partial charge is 0.358 e. The summed E-state index contributed by atoms with van der Waals surface area (Å²) in [5.74, 6) is 0.924. The van der Waals surface area contributed by atoms with E-state index in [1.54, 1.807) is 0 Å². The molecule has 2 aromatic carbocycles. The SMILES string of the molecule is CCc1[nH]c2ccccc2c1CCCC(=O)N1CCC(c2ccccc2)CC1. The summed E-state index contributed by atoms with van der Waals surface area (Å²) in [6.07, 6.45) is 5.71. The van der Waals surface area contributed by atoms with Gasteiger partial charge in [-0.15, -0.1) is 0 Å². The Balaban J connectivity index is 1.30. The summed E-state index contributed by atoms with van der Waals surface area (Å²) < 4.78 is 0. The summed E-state index contributed by atoms with van der Waals surface area (Å²) in [5, 5.41) is 1.32. The number of fused-ring (bicyclic) bond motifs is 1. The molecule has 1 N–H and O–H groups in total. The zero-order valence-electron chi connectivity index (χ0n) is 16.8. The van der Waals surface area contributed by atoms with Crippen molar-refractivity contribution in [3.8, 4) is 0 Å². The van der Waals surface area contributed by atoms with E-state index in [1.807, 2.05) is 0 Å². The van der Waals surface area contributed by atoms with Gasteiger partial charge < -0.3 is 9.88 Å². The summed E-state index contributed by atoms with van der Waals surface area (Å²) in [6, 6.07) is 19.2. The minimum absolute atomic E-state index is 0.324. The first-order valence-corrected chi connectivity index (χ1v) is 10.7. The average Bonchev–Trinajstić information content (AvgIpc) is 3.12. The molecule has 0 unspecified atom stereocenters. The minimum atomic E-state index is 0.324. The lowest BCUT2D eigenvalue weighted by atomic mass is 9.89. The maximum Gasteiger partial charge on any atom is 0.222 e. The smallest absolute Gasteiger partial charge is 0.222 e. The van der Waals surface area contributed by atoms with Crippen molar-refractivity contribution < 1.29 is 4.79 Å². The molecule has 0 atom stereocenters. The van der Waals surface area contributed by atoms with E-state index in [4.69, 9.17) is 0 Å². The monoisotopic (exact) mass is 374 g/mol. The number of piperidine rings is 1. The zero-order valence-corrected chi connectivity index (χ0v) is 16.8. The molecule has 28 heavy (non-hydrogen) atoms. The molecule has 1 fully saturated rings. The molecule has 0 spiro atoms. The van der Waals surface area contributed by atoms with Gasteiger partial charge in [0.15, 0.2) is 0 Å². The Morgan fingerprint density at radius 3 is 2.50 bits per heavy atom. The Kier molecular flexibility index (Phi) is 5.80. The first-order valence-electron chi connectivity index (χ1n) is 10.7. The normalized spacial score (nSPS) is 15.2. The second-order valence-corrected chi connectivity index (χ2v) is 7.90. The van der Waals surface area contributed by atoms with Crippen molar-refractivity contribution in [3.63, 3.8) is 0 Å². The van der Waals surface area contributed by atoms with Crippen LogP contribution in [-0.2, 0) is 17.6 Å². The number of nitrogens with zero attached hydrogens (tertiary/aromatic N) is 1. The lowest BCUT2D eigenvalue weighted by Gasteiger charge is -2.32. The highest BCUT2D eigenvalue weighted by molar-refractivity contribution is 5.84. The quantitative estimate of drug-likeness (QED) is 0.611. The molecular weight excluding hydrogens is 344 g/mol. The number of likely N-dealkylation sites (tertiary alicyclic amines) is 1. The third kappa shape index (κ3) is 3.99. The highest BCUT2D eigenvalue weighted by Crippen LogP contribution is 2.28. The number of H-pyrrole nitrogens is 1. The average molecular weight is 375 g/mol. The molecule has 3 aromatic rings. The molecular formula is C25H30N2O. The maximum absolute atomic E-state index is 12.7. The molecule has 1 aromatic heterocycles. The number of carbonyl (C=O) groups excluding carboxylic acids is 1. The summed E-state index contributed by atoms with van der Waals surface area (Å²) >= 11 is 0. The number of aromatic amines is 1. The van der Waals surface area contributed by atoms with Crippen molar-refractivity contribution in [1.29, 1.82) is 0 Å². The number of hydrogen-bond donors (Lipinski definition) is 1. The molecule has 3 heteroatoms. The van der Waals surface area contributed by atoms with Gasteiger partial charge in [-0.3, -0.25) is 4.79 Å². The van der Waals surface area contributed by atoms with E-state index in [-0.39, 0.29) is 0 Å². The van der Waals surface area contributed by atoms with Crippen LogP contribution in [-0.4, -0.2) is 28.9 Å². The number of amides is 1. The van der Waals surface area contributed by atoms with E-state index in [9.17, 15) is 4.79 Å². The molecule has 146 valence electrons. The van der Waals surface area contributed by atoms with Crippen molar-refractivity contribution in [2.45, 2.75) is 51.4 Å². The lowest BCUT2D eigenvalue weighted by Crippen LogP contribution is -2.37. The fourth-order valence-electron chi connectivity index (χ4n) is 4.61. The summed E-state index contributed by atoms with van der Waals surface area (Å²) in [7, 11) is 0. The topological polar surface area (TPSA) is 36.1 Å². The van der Waals surface area contributed by atoms with Crippen LogP contribution in [0.1, 0.15) is 55.3 Å². The number of carbonyl (C=O) groups is 1. The second-order valence-electron chi connectivity index (χ2n) is 7.90. The number of benzene rings is 2. The highest BCUT2D eigenvalue weighted by atomic mass is 16.2. The third-order valence-electron chi connectivity index (χ3n) is 6.19. The molecule has 1 aliphatic rings.